The molecule has 0 heterocycles. The van der Waals surface area contributed by atoms with Gasteiger partial charge in [0.2, 0.25) is 0 Å². The maximum absolute atomic E-state index is 12.7. The summed E-state index contributed by atoms with van der Waals surface area (Å²) in [6, 6.07) is 15.8. The summed E-state index contributed by atoms with van der Waals surface area (Å²) in [6.45, 7) is 1.84. The molecule has 0 radical (unpaired) electrons. The molecule has 3 aromatic rings. The monoisotopic (exact) mass is 642 g/mol. The lowest BCUT2D eigenvalue weighted by Gasteiger charge is -2.14. The third-order valence-electron chi connectivity index (χ3n) is 4.63. The number of anilines is 1. The number of nitriles is 1. The van der Waals surface area contributed by atoms with Crippen molar-refractivity contribution >= 4 is 73.6 Å². The highest BCUT2D eigenvalue weighted by atomic mass is 127. The first-order valence-electron chi connectivity index (χ1n) is 9.81. The molecular formula is C24H17Cl2IN2O5S. The van der Waals surface area contributed by atoms with Crippen molar-refractivity contribution in [2.45, 2.75) is 11.8 Å². The van der Waals surface area contributed by atoms with E-state index >= 15 is 0 Å². The number of aryl methyl sites for hydroxylation is 1. The number of rotatable bonds is 7. The lowest BCUT2D eigenvalue weighted by Crippen LogP contribution is -2.14. The molecule has 0 spiro atoms. The minimum atomic E-state index is -4.12. The molecule has 0 aliphatic rings. The Morgan fingerprint density at radius 3 is 2.31 bits per heavy atom. The van der Waals surface area contributed by atoms with Crippen LogP contribution in [0.4, 0.5) is 5.69 Å². The number of nitrogens with one attached hydrogen (secondary N) is 1. The second kappa shape index (κ2) is 11.3. The van der Waals surface area contributed by atoms with Crippen molar-refractivity contribution in [2.75, 3.05) is 12.4 Å². The molecule has 7 nitrogen and oxygen atoms in total. The molecule has 0 atom stereocenters. The van der Waals surface area contributed by atoms with Gasteiger partial charge < -0.3 is 14.2 Å². The van der Waals surface area contributed by atoms with Crippen LogP contribution in [0.3, 0.4) is 0 Å². The number of hydrogen-bond acceptors (Lipinski definition) is 6. The van der Waals surface area contributed by atoms with Crippen LogP contribution in [0.25, 0.3) is 6.08 Å². The molecule has 1 amide bonds. The Morgan fingerprint density at radius 2 is 1.74 bits per heavy atom. The number of amides is 1. The van der Waals surface area contributed by atoms with Crippen LogP contribution >= 0.6 is 45.8 Å². The van der Waals surface area contributed by atoms with Gasteiger partial charge in [-0.05, 0) is 77.6 Å². The van der Waals surface area contributed by atoms with Gasteiger partial charge in [0.1, 0.15) is 16.5 Å². The average molecular weight is 643 g/mol. The van der Waals surface area contributed by atoms with Crippen LogP contribution in [-0.2, 0) is 14.9 Å². The number of nitrogens with zero attached hydrogens (tertiary/aromatic N) is 1. The normalized spacial score (nSPS) is 11.5. The average Bonchev–Trinajstić information content (AvgIpc) is 2.81. The largest absolute Gasteiger partial charge is 0.493 e. The van der Waals surface area contributed by atoms with Gasteiger partial charge in [0, 0.05) is 0 Å². The Labute approximate surface area is 226 Å². The molecule has 0 aliphatic heterocycles. The van der Waals surface area contributed by atoms with E-state index in [9.17, 15) is 18.5 Å². The number of ether oxygens (including phenoxy) is 1. The fourth-order valence-electron chi connectivity index (χ4n) is 2.88. The van der Waals surface area contributed by atoms with Crippen LogP contribution < -0.4 is 14.2 Å². The van der Waals surface area contributed by atoms with E-state index < -0.39 is 16.0 Å². The van der Waals surface area contributed by atoms with Crippen molar-refractivity contribution in [1.82, 2.24) is 0 Å². The van der Waals surface area contributed by atoms with E-state index in [0.717, 1.165) is 5.56 Å². The van der Waals surface area contributed by atoms with Gasteiger partial charge >= 0.3 is 10.1 Å². The van der Waals surface area contributed by atoms with E-state index in [1.54, 1.807) is 36.4 Å². The predicted molar refractivity (Wildman–Crippen MR) is 143 cm³/mol. The number of para-hydroxylation sites is 1. The molecule has 3 aromatic carbocycles. The van der Waals surface area contributed by atoms with Gasteiger partial charge in [-0.3, -0.25) is 4.79 Å². The molecule has 0 saturated heterocycles. The number of methoxy groups -OCH3 is 1. The zero-order valence-electron chi connectivity index (χ0n) is 18.3. The summed E-state index contributed by atoms with van der Waals surface area (Å²) >= 11 is 14.1. The fourth-order valence-corrected chi connectivity index (χ4v) is 5.21. The summed E-state index contributed by atoms with van der Waals surface area (Å²) in [6.07, 6.45) is 1.32. The highest BCUT2D eigenvalue weighted by Crippen LogP contribution is 2.37. The Morgan fingerprint density at radius 1 is 1.11 bits per heavy atom. The van der Waals surface area contributed by atoms with Gasteiger partial charge in [0.15, 0.2) is 11.5 Å². The third kappa shape index (κ3) is 6.46. The molecule has 1 N–H and O–H groups in total. The molecule has 0 bridgehead atoms. The molecule has 180 valence electrons. The Kier molecular flexibility index (Phi) is 8.66. The van der Waals surface area contributed by atoms with Gasteiger partial charge in [-0.2, -0.15) is 13.7 Å². The van der Waals surface area contributed by atoms with Gasteiger partial charge in [-0.1, -0.05) is 47.0 Å². The molecule has 11 heteroatoms. The Hall–Kier alpha value is -2.78. The predicted octanol–water partition coefficient (Wildman–Crippen LogP) is 6.23. The maximum Gasteiger partial charge on any atom is 0.339 e. The zero-order chi connectivity index (χ0) is 25.8. The van der Waals surface area contributed by atoms with Crippen LogP contribution in [0.15, 0.2) is 65.1 Å². The minimum Gasteiger partial charge on any atom is -0.493 e. The molecular weight excluding hydrogens is 626 g/mol. The summed E-state index contributed by atoms with van der Waals surface area (Å²) in [5.41, 5.74) is 1.25. The van der Waals surface area contributed by atoms with E-state index in [1.165, 1.54) is 31.4 Å². The summed E-state index contributed by atoms with van der Waals surface area (Å²) in [5.74, 6) is -0.638. The molecule has 0 fully saturated rings. The first kappa shape index (κ1) is 26.8. The fraction of sp³-hybridized carbons (Fsp3) is 0.0833. The highest BCUT2D eigenvalue weighted by Gasteiger charge is 2.22. The minimum absolute atomic E-state index is 0.00778. The zero-order valence-corrected chi connectivity index (χ0v) is 22.8. The molecule has 35 heavy (non-hydrogen) atoms. The number of halogens is 3. The number of hydrogen-bond donors (Lipinski definition) is 1. The van der Waals surface area contributed by atoms with E-state index in [0.29, 0.717) is 9.13 Å². The number of benzene rings is 3. The Balaban J connectivity index is 1.93. The van der Waals surface area contributed by atoms with E-state index in [2.05, 4.69) is 5.32 Å². The topological polar surface area (TPSA) is 105 Å². The summed E-state index contributed by atoms with van der Waals surface area (Å²) in [5, 5.41) is 12.5. The summed E-state index contributed by atoms with van der Waals surface area (Å²) in [4.78, 5) is 12.7. The van der Waals surface area contributed by atoms with Crippen LogP contribution in [0.2, 0.25) is 10.0 Å². The number of carbonyl (C=O) groups is 1. The van der Waals surface area contributed by atoms with Crippen LogP contribution in [0.1, 0.15) is 11.1 Å². The SMILES string of the molecule is COc1cc(/C=C(\C#N)C(=O)Nc2c(Cl)cccc2Cl)cc(I)c1OS(=O)(=O)c1ccc(C)cc1. The second-order valence-corrected chi connectivity index (χ2v) is 10.6. The third-order valence-corrected chi connectivity index (χ3v) is 7.30. The quantitative estimate of drug-likeness (QED) is 0.142. The van der Waals surface area contributed by atoms with E-state index in [1.807, 2.05) is 35.6 Å². The molecule has 0 unspecified atom stereocenters. The second-order valence-electron chi connectivity index (χ2n) is 7.11. The molecule has 3 rings (SSSR count). The van der Waals surface area contributed by atoms with Crippen LogP contribution in [0.5, 0.6) is 11.5 Å². The van der Waals surface area contributed by atoms with Gasteiger partial charge in [-0.15, -0.1) is 0 Å². The molecule has 0 aromatic heterocycles. The maximum atomic E-state index is 12.7. The van der Waals surface area contributed by atoms with Crippen molar-refractivity contribution in [2.24, 2.45) is 0 Å². The molecule has 0 saturated carbocycles. The van der Waals surface area contributed by atoms with Crippen LogP contribution in [0, 0.1) is 21.8 Å². The first-order chi connectivity index (χ1) is 16.6. The van der Waals surface area contributed by atoms with Gasteiger partial charge in [-0.25, -0.2) is 0 Å². The highest BCUT2D eigenvalue weighted by molar-refractivity contribution is 14.1. The van der Waals surface area contributed by atoms with Crippen molar-refractivity contribution in [3.8, 4) is 17.6 Å². The molecule has 0 aliphatic carbocycles. The van der Waals surface area contributed by atoms with E-state index in [-0.39, 0.29) is 37.7 Å². The van der Waals surface area contributed by atoms with E-state index in [4.69, 9.17) is 32.1 Å². The van der Waals surface area contributed by atoms with Crippen LogP contribution in [-0.4, -0.2) is 21.4 Å². The summed E-state index contributed by atoms with van der Waals surface area (Å²) in [7, 11) is -2.77. The smallest absolute Gasteiger partial charge is 0.339 e. The van der Waals surface area contributed by atoms with Gasteiger partial charge in [0.05, 0.1) is 26.4 Å². The lowest BCUT2D eigenvalue weighted by atomic mass is 10.1. The van der Waals surface area contributed by atoms with Crippen molar-refractivity contribution < 1.29 is 22.1 Å². The van der Waals surface area contributed by atoms with Gasteiger partial charge in [0.25, 0.3) is 5.91 Å². The van der Waals surface area contributed by atoms with Crippen molar-refractivity contribution in [3.05, 3.63) is 84.9 Å². The summed E-state index contributed by atoms with van der Waals surface area (Å²) < 4.78 is 36.6. The number of carbonyl (C=O) groups excluding carboxylic acids is 1. The van der Waals surface area contributed by atoms with Crippen molar-refractivity contribution in [1.29, 1.82) is 5.26 Å². The van der Waals surface area contributed by atoms with Crippen molar-refractivity contribution in [3.63, 3.8) is 0 Å². The standard InChI is InChI=1S/C24H17Cl2IN2O5S/c1-14-6-8-17(9-7-14)35(31,32)34-23-20(27)11-15(12-21(23)33-2)10-16(13-28)24(30)29-22-18(25)4-3-5-19(22)26/h3-12H,1-2H3,(H,29,30)/b16-10+. The lowest BCUT2D eigenvalue weighted by molar-refractivity contribution is -0.112. The Bertz CT molecular complexity index is 1450. The first-order valence-corrected chi connectivity index (χ1v) is 13.1.